The van der Waals surface area contributed by atoms with Gasteiger partial charge in [-0.2, -0.15) is 0 Å². The van der Waals surface area contributed by atoms with Gasteiger partial charge in [-0.05, 0) is 63.9 Å². The number of carbonyl (C=O) groups excluding carboxylic acids is 2. The van der Waals surface area contributed by atoms with Crippen LogP contribution in [0.1, 0.15) is 47.5 Å². The molecule has 8 nitrogen and oxygen atoms in total. The second-order valence-corrected chi connectivity index (χ2v) is 7.59. The molecule has 1 aliphatic rings. The quantitative estimate of drug-likeness (QED) is 0.644. The lowest BCUT2D eigenvalue weighted by molar-refractivity contribution is -0.114. The van der Waals surface area contributed by atoms with Gasteiger partial charge in [-0.3, -0.25) is 14.5 Å². The average Bonchev–Trinajstić information content (AvgIpc) is 2.99. The molecule has 0 unspecified atom stereocenters. The van der Waals surface area contributed by atoms with Gasteiger partial charge in [-0.15, -0.1) is 0 Å². The Balaban J connectivity index is 1.47. The van der Waals surface area contributed by atoms with Crippen LogP contribution in [0.4, 0.5) is 5.69 Å². The molecule has 0 bridgehead atoms. The van der Waals surface area contributed by atoms with Gasteiger partial charge >= 0.3 is 0 Å². The van der Waals surface area contributed by atoms with Crippen LogP contribution in [-0.4, -0.2) is 46.4 Å². The Hall–Kier alpha value is -2.87. The first-order valence-corrected chi connectivity index (χ1v) is 9.86. The number of anilines is 1. The number of nitrogens with zero attached hydrogens (tertiary/aromatic N) is 2. The van der Waals surface area contributed by atoms with Crippen LogP contribution in [-0.2, 0) is 11.3 Å². The molecule has 2 heterocycles. The summed E-state index contributed by atoms with van der Waals surface area (Å²) in [6.07, 6.45) is 1.94. The largest absolute Gasteiger partial charge is 0.507 e. The molecule has 1 aromatic heterocycles. The summed E-state index contributed by atoms with van der Waals surface area (Å²) in [5.41, 5.74) is 1.57. The lowest BCUT2D eigenvalue weighted by Gasteiger charge is -2.31. The van der Waals surface area contributed by atoms with Crippen molar-refractivity contribution in [1.29, 1.82) is 0 Å². The van der Waals surface area contributed by atoms with Crippen LogP contribution in [0, 0.1) is 19.8 Å². The predicted molar refractivity (Wildman–Crippen MR) is 109 cm³/mol. The number of hydrogen-bond acceptors (Lipinski definition) is 6. The number of oxazole rings is 1. The minimum absolute atomic E-state index is 0.108. The lowest BCUT2D eigenvalue weighted by Crippen LogP contribution is -2.38. The summed E-state index contributed by atoms with van der Waals surface area (Å²) in [7, 11) is 0. The molecular formula is C21H28N4O4. The molecule has 0 radical (unpaired) electrons. The van der Waals surface area contributed by atoms with Crippen molar-refractivity contribution in [2.45, 2.75) is 40.2 Å². The average molecular weight is 400 g/mol. The molecule has 1 aliphatic heterocycles. The number of rotatable bonds is 6. The number of carbonyl (C=O) groups is 2. The minimum atomic E-state index is -0.345. The number of piperidine rings is 1. The Morgan fingerprint density at radius 1 is 1.28 bits per heavy atom. The number of likely N-dealkylation sites (tertiary alicyclic amines) is 1. The van der Waals surface area contributed by atoms with E-state index in [4.69, 9.17) is 4.42 Å². The van der Waals surface area contributed by atoms with Gasteiger partial charge < -0.3 is 20.2 Å². The highest BCUT2D eigenvalue weighted by molar-refractivity contribution is 5.99. The van der Waals surface area contributed by atoms with E-state index in [1.165, 1.54) is 19.1 Å². The van der Waals surface area contributed by atoms with Gasteiger partial charge in [0.25, 0.3) is 5.91 Å². The molecule has 0 spiro atoms. The summed E-state index contributed by atoms with van der Waals surface area (Å²) < 4.78 is 5.66. The maximum atomic E-state index is 12.5. The van der Waals surface area contributed by atoms with E-state index >= 15 is 0 Å². The second kappa shape index (κ2) is 9.09. The lowest BCUT2D eigenvalue weighted by atomic mass is 9.96. The third-order valence-corrected chi connectivity index (χ3v) is 5.25. The number of nitrogens with one attached hydrogen (secondary N) is 2. The van der Waals surface area contributed by atoms with Crippen molar-refractivity contribution in [3.63, 3.8) is 0 Å². The number of aryl methyl sites for hydroxylation is 2. The number of phenolic OH excluding ortho intramolecular Hbond substituents is 1. The molecule has 1 aromatic carbocycles. The minimum Gasteiger partial charge on any atom is -0.507 e. The van der Waals surface area contributed by atoms with E-state index in [1.54, 1.807) is 6.07 Å². The van der Waals surface area contributed by atoms with Crippen molar-refractivity contribution in [3.8, 4) is 5.75 Å². The molecule has 0 aliphatic carbocycles. The zero-order valence-corrected chi connectivity index (χ0v) is 17.1. The van der Waals surface area contributed by atoms with E-state index in [2.05, 4.69) is 20.5 Å². The van der Waals surface area contributed by atoms with Crippen molar-refractivity contribution < 1.29 is 19.1 Å². The molecular weight excluding hydrogens is 372 g/mol. The van der Waals surface area contributed by atoms with Crippen LogP contribution in [0.2, 0.25) is 0 Å². The number of aromatic hydroxyl groups is 1. The number of hydrogen-bond donors (Lipinski definition) is 3. The standard InChI is InChI=1S/C21H28N4O4/c1-13-14(2)29-20(23-13)12-25-8-6-16(7-9-25)11-22-21(28)18-10-17(24-15(3)26)4-5-19(18)27/h4-5,10,16,27H,6-9,11-12H2,1-3H3,(H,22,28)(H,24,26). The van der Waals surface area contributed by atoms with Crippen LogP contribution >= 0.6 is 0 Å². The predicted octanol–water partition coefficient (Wildman–Crippen LogP) is 2.60. The van der Waals surface area contributed by atoms with Gasteiger partial charge in [0.15, 0.2) is 0 Å². The van der Waals surface area contributed by atoms with E-state index in [9.17, 15) is 14.7 Å². The van der Waals surface area contributed by atoms with Gasteiger partial charge in [0.2, 0.25) is 11.8 Å². The normalized spacial score (nSPS) is 15.3. The zero-order chi connectivity index (χ0) is 21.0. The molecule has 0 atom stereocenters. The smallest absolute Gasteiger partial charge is 0.255 e. The van der Waals surface area contributed by atoms with Gasteiger partial charge in [0.1, 0.15) is 11.5 Å². The second-order valence-electron chi connectivity index (χ2n) is 7.59. The summed E-state index contributed by atoms with van der Waals surface area (Å²) >= 11 is 0. The van der Waals surface area contributed by atoms with Gasteiger partial charge in [0.05, 0.1) is 17.8 Å². The summed E-state index contributed by atoms with van der Waals surface area (Å²) in [4.78, 5) is 30.4. The van der Waals surface area contributed by atoms with Crippen LogP contribution in [0.25, 0.3) is 0 Å². The molecule has 1 saturated heterocycles. The zero-order valence-electron chi connectivity index (χ0n) is 17.1. The molecule has 2 aromatic rings. The Morgan fingerprint density at radius 2 is 2.00 bits per heavy atom. The summed E-state index contributed by atoms with van der Waals surface area (Å²) in [6.45, 7) is 8.36. The van der Waals surface area contributed by atoms with Crippen LogP contribution in [0.5, 0.6) is 5.75 Å². The van der Waals surface area contributed by atoms with E-state index < -0.39 is 0 Å². The first-order valence-electron chi connectivity index (χ1n) is 9.86. The van der Waals surface area contributed by atoms with E-state index in [-0.39, 0.29) is 23.1 Å². The molecule has 1 fully saturated rings. The van der Waals surface area contributed by atoms with Crippen molar-refractivity contribution >= 4 is 17.5 Å². The fourth-order valence-corrected chi connectivity index (χ4v) is 3.48. The molecule has 0 saturated carbocycles. The fraction of sp³-hybridized carbons (Fsp3) is 0.476. The maximum Gasteiger partial charge on any atom is 0.255 e. The first kappa shape index (κ1) is 20.9. The van der Waals surface area contributed by atoms with Crippen molar-refractivity contribution in [3.05, 3.63) is 41.1 Å². The van der Waals surface area contributed by atoms with Crippen molar-refractivity contribution in [2.24, 2.45) is 5.92 Å². The van der Waals surface area contributed by atoms with E-state index in [0.717, 1.165) is 43.3 Å². The molecule has 29 heavy (non-hydrogen) atoms. The topological polar surface area (TPSA) is 108 Å². The Morgan fingerprint density at radius 3 is 2.62 bits per heavy atom. The molecule has 8 heteroatoms. The molecule has 2 amide bonds. The van der Waals surface area contributed by atoms with Crippen molar-refractivity contribution in [1.82, 2.24) is 15.2 Å². The first-order chi connectivity index (χ1) is 13.8. The third kappa shape index (κ3) is 5.57. The number of benzene rings is 1. The Labute approximate surface area is 170 Å². The summed E-state index contributed by atoms with van der Waals surface area (Å²) in [5, 5.41) is 15.5. The van der Waals surface area contributed by atoms with Crippen LogP contribution < -0.4 is 10.6 Å². The number of amides is 2. The fourth-order valence-electron chi connectivity index (χ4n) is 3.48. The van der Waals surface area contributed by atoms with E-state index in [1.807, 2.05) is 13.8 Å². The molecule has 3 N–H and O–H groups in total. The Bertz CT molecular complexity index is 865. The van der Waals surface area contributed by atoms with Crippen LogP contribution in [0.15, 0.2) is 22.6 Å². The Kier molecular flexibility index (Phi) is 6.53. The van der Waals surface area contributed by atoms with E-state index in [0.29, 0.717) is 24.7 Å². The highest BCUT2D eigenvalue weighted by Crippen LogP contribution is 2.23. The van der Waals surface area contributed by atoms with Gasteiger partial charge in [-0.1, -0.05) is 0 Å². The maximum absolute atomic E-state index is 12.5. The van der Waals surface area contributed by atoms with Gasteiger partial charge in [-0.25, -0.2) is 4.98 Å². The van der Waals surface area contributed by atoms with Gasteiger partial charge in [0, 0.05) is 19.2 Å². The molecule has 156 valence electrons. The highest BCUT2D eigenvalue weighted by Gasteiger charge is 2.22. The van der Waals surface area contributed by atoms with Crippen LogP contribution in [0.3, 0.4) is 0 Å². The molecule has 3 rings (SSSR count). The highest BCUT2D eigenvalue weighted by atomic mass is 16.4. The number of phenols is 1. The SMILES string of the molecule is CC(=O)Nc1ccc(O)c(C(=O)NCC2CCN(Cc3nc(C)c(C)o3)CC2)c1. The number of aromatic nitrogens is 1. The monoisotopic (exact) mass is 400 g/mol. The summed E-state index contributed by atoms with van der Waals surface area (Å²) in [6, 6.07) is 4.44. The third-order valence-electron chi connectivity index (χ3n) is 5.25. The summed E-state index contributed by atoms with van der Waals surface area (Å²) in [5.74, 6) is 1.31. The van der Waals surface area contributed by atoms with Crippen molar-refractivity contribution in [2.75, 3.05) is 25.0 Å².